The summed E-state index contributed by atoms with van der Waals surface area (Å²) < 4.78 is 0. The maximum atomic E-state index is 5.06. The average Bonchev–Trinajstić information content (AvgIpc) is 3.08. The first-order valence-electron chi connectivity index (χ1n) is 14.2. The lowest BCUT2D eigenvalue weighted by Crippen LogP contribution is -2.20. The number of fused-ring (bicyclic) bond motifs is 5. The van der Waals surface area contributed by atoms with Gasteiger partial charge in [-0.25, -0.2) is 15.0 Å². The molecule has 4 heteroatoms. The van der Waals surface area contributed by atoms with E-state index in [0.717, 1.165) is 22.3 Å². The molecular weight excluding hydrogens is 512 g/mol. The second kappa shape index (κ2) is 10.2. The molecule has 42 heavy (non-hydrogen) atoms. The van der Waals surface area contributed by atoms with Crippen molar-refractivity contribution in [2.45, 2.75) is 5.92 Å². The largest absolute Gasteiger partial charge is 0.269 e. The van der Waals surface area contributed by atoms with Crippen LogP contribution in [-0.2, 0) is 0 Å². The Bertz CT molecular complexity index is 1980. The number of hydrogen-bond acceptors (Lipinski definition) is 4. The van der Waals surface area contributed by atoms with Crippen molar-refractivity contribution >= 4 is 22.6 Å². The molecule has 0 fully saturated rings. The van der Waals surface area contributed by atoms with Gasteiger partial charge in [-0.15, -0.1) is 0 Å². The summed E-state index contributed by atoms with van der Waals surface area (Å²) in [5, 5.41) is 2.53. The highest BCUT2D eigenvalue weighted by Gasteiger charge is 2.31. The molecule has 4 nitrogen and oxygen atoms in total. The molecular formula is C38H26N4. The summed E-state index contributed by atoms with van der Waals surface area (Å²) in [6, 6.07) is 41.9. The van der Waals surface area contributed by atoms with E-state index in [1.807, 2.05) is 66.9 Å². The zero-order valence-electron chi connectivity index (χ0n) is 22.8. The number of nitrogens with zero attached hydrogens (tertiary/aromatic N) is 4. The molecule has 0 N–H and O–H groups in total. The van der Waals surface area contributed by atoms with Crippen molar-refractivity contribution in [3.63, 3.8) is 0 Å². The first-order valence-corrected chi connectivity index (χ1v) is 14.2. The fraction of sp³-hybridized carbons (Fsp3) is 0.0526. The number of benzene rings is 5. The van der Waals surface area contributed by atoms with Gasteiger partial charge in [-0.1, -0.05) is 133 Å². The Morgan fingerprint density at radius 2 is 1.12 bits per heavy atom. The van der Waals surface area contributed by atoms with Crippen molar-refractivity contribution < 1.29 is 0 Å². The molecule has 8 rings (SSSR count). The normalized spacial score (nSPS) is 17.0. The van der Waals surface area contributed by atoms with Crippen LogP contribution < -0.4 is 0 Å². The molecule has 0 bridgehead atoms. The Morgan fingerprint density at radius 1 is 0.500 bits per heavy atom. The summed E-state index contributed by atoms with van der Waals surface area (Å²) in [6.45, 7) is 0. The van der Waals surface area contributed by atoms with Crippen LogP contribution in [0.1, 0.15) is 22.6 Å². The van der Waals surface area contributed by atoms with Crippen LogP contribution in [0.25, 0.3) is 50.5 Å². The van der Waals surface area contributed by atoms with Crippen LogP contribution in [-0.4, -0.2) is 21.2 Å². The molecule has 2 unspecified atom stereocenters. The van der Waals surface area contributed by atoms with Crippen LogP contribution in [0.2, 0.25) is 0 Å². The van der Waals surface area contributed by atoms with Gasteiger partial charge in [0, 0.05) is 40.9 Å². The average molecular weight is 539 g/mol. The summed E-state index contributed by atoms with van der Waals surface area (Å²) in [5.74, 6) is 2.37. The number of rotatable bonds is 4. The minimum Gasteiger partial charge on any atom is -0.269 e. The molecule has 2 heterocycles. The number of allylic oxidation sites excluding steroid dienone is 2. The van der Waals surface area contributed by atoms with E-state index in [1.165, 1.54) is 27.5 Å². The van der Waals surface area contributed by atoms with Crippen LogP contribution in [0.3, 0.4) is 0 Å². The van der Waals surface area contributed by atoms with Crippen LogP contribution >= 0.6 is 0 Å². The van der Waals surface area contributed by atoms with Crippen LogP contribution in [0.4, 0.5) is 0 Å². The van der Waals surface area contributed by atoms with Gasteiger partial charge in [0.2, 0.25) is 0 Å². The van der Waals surface area contributed by atoms with E-state index >= 15 is 0 Å². The number of hydrogen-bond donors (Lipinski definition) is 0. The van der Waals surface area contributed by atoms with E-state index in [-0.39, 0.29) is 11.8 Å². The Balaban J connectivity index is 1.36. The molecule has 5 aromatic carbocycles. The molecule has 0 amide bonds. The van der Waals surface area contributed by atoms with Crippen LogP contribution in [0.5, 0.6) is 0 Å². The third-order valence-corrected chi connectivity index (χ3v) is 8.16. The fourth-order valence-electron chi connectivity index (χ4n) is 6.20. The first-order chi connectivity index (χ1) is 20.8. The quantitative estimate of drug-likeness (QED) is 0.225. The Morgan fingerprint density at radius 3 is 1.86 bits per heavy atom. The van der Waals surface area contributed by atoms with Gasteiger partial charge < -0.3 is 0 Å². The molecule has 0 saturated carbocycles. The van der Waals surface area contributed by atoms with Gasteiger partial charge >= 0.3 is 0 Å². The number of aliphatic imine (C=N–C) groups is 1. The topological polar surface area (TPSA) is 51.0 Å². The molecule has 6 aromatic rings. The minimum absolute atomic E-state index is 0.162. The third-order valence-electron chi connectivity index (χ3n) is 8.16. The highest BCUT2D eigenvalue weighted by atomic mass is 15.0. The van der Waals surface area contributed by atoms with Crippen molar-refractivity contribution in [2.24, 2.45) is 10.9 Å². The van der Waals surface area contributed by atoms with Crippen molar-refractivity contribution in [2.75, 3.05) is 0 Å². The molecule has 1 aliphatic carbocycles. The second-order valence-corrected chi connectivity index (χ2v) is 10.7. The van der Waals surface area contributed by atoms with Crippen LogP contribution in [0, 0.1) is 5.92 Å². The van der Waals surface area contributed by atoms with Gasteiger partial charge in [0.15, 0.2) is 17.5 Å². The van der Waals surface area contributed by atoms with E-state index in [4.69, 9.17) is 15.0 Å². The minimum atomic E-state index is 0.162. The summed E-state index contributed by atoms with van der Waals surface area (Å²) in [7, 11) is 0. The third kappa shape index (κ3) is 4.16. The smallest absolute Gasteiger partial charge is 0.164 e. The second-order valence-electron chi connectivity index (χ2n) is 10.7. The number of aromatic nitrogens is 3. The van der Waals surface area contributed by atoms with E-state index in [1.54, 1.807) is 0 Å². The molecule has 0 radical (unpaired) electrons. The van der Waals surface area contributed by atoms with Crippen molar-refractivity contribution in [1.82, 2.24) is 15.0 Å². The lowest BCUT2D eigenvalue weighted by atomic mass is 9.72. The van der Waals surface area contributed by atoms with Crippen molar-refractivity contribution in [3.8, 4) is 34.2 Å². The van der Waals surface area contributed by atoms with Crippen LogP contribution in [0.15, 0.2) is 145 Å². The molecule has 1 aromatic heterocycles. The Hall–Kier alpha value is -5.48. The molecule has 0 spiro atoms. The van der Waals surface area contributed by atoms with E-state index < -0.39 is 0 Å². The van der Waals surface area contributed by atoms with Gasteiger partial charge in [-0.2, -0.15) is 0 Å². The van der Waals surface area contributed by atoms with E-state index in [0.29, 0.717) is 17.5 Å². The van der Waals surface area contributed by atoms with Gasteiger partial charge in [0.1, 0.15) is 0 Å². The predicted octanol–water partition coefficient (Wildman–Crippen LogP) is 8.77. The SMILES string of the molecule is C1=CC2c3c(ccc4ccccc34)C(c3ccccc3-c3nc(-c4ccccc4)nc(-c4ccccc4)n3)=CC2C=N1. The zero-order valence-corrected chi connectivity index (χ0v) is 22.8. The predicted molar refractivity (Wildman–Crippen MR) is 171 cm³/mol. The maximum absolute atomic E-state index is 5.06. The Kier molecular flexibility index (Phi) is 5.89. The lowest BCUT2D eigenvalue weighted by molar-refractivity contribution is 0.738. The van der Waals surface area contributed by atoms with Gasteiger partial charge in [-0.3, -0.25) is 4.99 Å². The maximum Gasteiger partial charge on any atom is 0.164 e. The lowest BCUT2D eigenvalue weighted by Gasteiger charge is -2.32. The monoisotopic (exact) mass is 538 g/mol. The first kappa shape index (κ1) is 24.3. The Labute approximate surface area is 244 Å². The summed E-state index contributed by atoms with van der Waals surface area (Å²) >= 11 is 0. The highest BCUT2D eigenvalue weighted by molar-refractivity contribution is 5.99. The van der Waals surface area contributed by atoms with Gasteiger partial charge in [0.05, 0.1) is 0 Å². The van der Waals surface area contributed by atoms with E-state index in [9.17, 15) is 0 Å². The standard InChI is InChI=1S/C38H26N4/c1-3-12-26(13-4-1)36-40-37(27-14-5-2-6-15-27)42-38(41-36)33-18-10-9-17-31(33)34-23-28-24-39-22-21-30(28)35-29-16-8-7-11-25(29)19-20-32(34)35/h1-24,28,30H. The molecule has 2 atom stereocenters. The molecule has 0 saturated heterocycles. The van der Waals surface area contributed by atoms with Gasteiger partial charge in [0.25, 0.3) is 0 Å². The van der Waals surface area contributed by atoms with Crippen molar-refractivity contribution in [1.29, 1.82) is 0 Å². The van der Waals surface area contributed by atoms with E-state index in [2.05, 4.69) is 84.0 Å². The summed E-state index contributed by atoms with van der Waals surface area (Å²) in [4.78, 5) is 19.5. The molecule has 2 aliphatic rings. The fourth-order valence-corrected chi connectivity index (χ4v) is 6.20. The molecule has 198 valence electrons. The molecule has 1 aliphatic heterocycles. The zero-order chi connectivity index (χ0) is 27.9. The summed E-state index contributed by atoms with van der Waals surface area (Å²) in [5.41, 5.74) is 7.75. The van der Waals surface area contributed by atoms with Gasteiger partial charge in [-0.05, 0) is 33.0 Å². The summed E-state index contributed by atoms with van der Waals surface area (Å²) in [6.07, 6.45) is 8.60. The highest BCUT2D eigenvalue weighted by Crippen LogP contribution is 2.46. The van der Waals surface area contributed by atoms with Crippen molar-refractivity contribution in [3.05, 3.63) is 156 Å².